The van der Waals surface area contributed by atoms with Crippen LogP contribution in [0.5, 0.6) is 0 Å². The molecule has 3 heterocycles. The Morgan fingerprint density at radius 3 is 2.47 bits per heavy atom. The number of carbonyl (C=O) groups is 1. The molecule has 2 fully saturated rings. The molecule has 0 bridgehead atoms. The number of fused-ring (bicyclic) bond motifs is 1. The molecule has 1 amide bonds. The topological polar surface area (TPSA) is 47.6 Å². The first-order chi connectivity index (χ1) is 14.7. The van der Waals surface area contributed by atoms with Gasteiger partial charge in [-0.25, -0.2) is 4.39 Å². The quantitative estimate of drug-likeness (QED) is 0.790. The minimum atomic E-state index is -0.248. The molecule has 0 aromatic heterocycles. The standard InChI is InChI=1S/C23H25FN4OS/c24-18-8-6-17(7-9-18)19-15-30-21-20(19)25-23(26-22(21)29)28-12-10-27(11-13-28)14-16-4-2-1-3-5-16/h1-9,15,20-21,23,25H,10-14H2,(H,26,29). The first-order valence-electron chi connectivity index (χ1n) is 10.4. The number of amides is 1. The fourth-order valence-electron chi connectivity index (χ4n) is 4.39. The van der Waals surface area contributed by atoms with Crippen molar-refractivity contribution in [3.63, 3.8) is 0 Å². The fourth-order valence-corrected chi connectivity index (χ4v) is 5.54. The normalized spacial score (nSPS) is 27.4. The van der Waals surface area contributed by atoms with E-state index < -0.39 is 0 Å². The van der Waals surface area contributed by atoms with Crippen LogP contribution in [0.25, 0.3) is 5.57 Å². The van der Waals surface area contributed by atoms with Crippen molar-refractivity contribution in [3.8, 4) is 0 Å². The number of nitrogens with one attached hydrogen (secondary N) is 2. The molecule has 7 heteroatoms. The molecule has 156 valence electrons. The Morgan fingerprint density at radius 2 is 1.73 bits per heavy atom. The van der Waals surface area contributed by atoms with Crippen molar-refractivity contribution < 1.29 is 9.18 Å². The van der Waals surface area contributed by atoms with E-state index in [9.17, 15) is 9.18 Å². The van der Waals surface area contributed by atoms with E-state index in [-0.39, 0.29) is 29.3 Å². The van der Waals surface area contributed by atoms with E-state index >= 15 is 0 Å². The zero-order valence-corrected chi connectivity index (χ0v) is 17.4. The summed E-state index contributed by atoms with van der Waals surface area (Å²) in [5, 5.41) is 8.64. The number of hydrogen-bond acceptors (Lipinski definition) is 5. The smallest absolute Gasteiger partial charge is 0.237 e. The van der Waals surface area contributed by atoms with E-state index in [0.717, 1.165) is 43.9 Å². The Kier molecular flexibility index (Phi) is 5.60. The SMILES string of the molecule is O=C1NC(N2CCN(Cc3ccccc3)CC2)NC2C(c3ccc(F)cc3)=CSC12. The number of halogens is 1. The van der Waals surface area contributed by atoms with Crippen molar-refractivity contribution in [2.24, 2.45) is 0 Å². The summed E-state index contributed by atoms with van der Waals surface area (Å²) in [7, 11) is 0. The Hall–Kier alpha value is -2.19. The average Bonchev–Trinajstić information content (AvgIpc) is 3.20. The van der Waals surface area contributed by atoms with Gasteiger partial charge in [-0.15, -0.1) is 11.8 Å². The van der Waals surface area contributed by atoms with Gasteiger partial charge in [0.15, 0.2) is 0 Å². The molecule has 3 atom stereocenters. The van der Waals surface area contributed by atoms with Gasteiger partial charge in [-0.05, 0) is 34.2 Å². The molecule has 2 N–H and O–H groups in total. The number of piperazine rings is 1. The predicted molar refractivity (Wildman–Crippen MR) is 118 cm³/mol. The number of rotatable bonds is 4. The number of benzene rings is 2. The minimum Gasteiger partial charge on any atom is -0.327 e. The van der Waals surface area contributed by atoms with Crippen LogP contribution in [-0.2, 0) is 11.3 Å². The summed E-state index contributed by atoms with van der Waals surface area (Å²) in [6, 6.07) is 17.0. The van der Waals surface area contributed by atoms with E-state index in [0.29, 0.717) is 0 Å². The van der Waals surface area contributed by atoms with Crippen molar-refractivity contribution in [3.05, 3.63) is 76.9 Å². The highest BCUT2D eigenvalue weighted by atomic mass is 32.2. The molecule has 3 aliphatic rings. The summed E-state index contributed by atoms with van der Waals surface area (Å²) >= 11 is 1.53. The molecule has 5 nitrogen and oxygen atoms in total. The molecular weight excluding hydrogens is 399 g/mol. The van der Waals surface area contributed by atoms with E-state index in [2.05, 4.69) is 44.7 Å². The molecule has 0 spiro atoms. The summed E-state index contributed by atoms with van der Waals surface area (Å²) in [4.78, 5) is 17.5. The molecule has 3 unspecified atom stereocenters. The molecule has 30 heavy (non-hydrogen) atoms. The van der Waals surface area contributed by atoms with Gasteiger partial charge in [0.2, 0.25) is 5.91 Å². The lowest BCUT2D eigenvalue weighted by molar-refractivity contribution is -0.126. The van der Waals surface area contributed by atoms with Crippen molar-refractivity contribution in [2.75, 3.05) is 26.2 Å². The van der Waals surface area contributed by atoms with Crippen LogP contribution in [0.2, 0.25) is 0 Å². The third-order valence-electron chi connectivity index (χ3n) is 6.05. The minimum absolute atomic E-state index is 0.0637. The van der Waals surface area contributed by atoms with Crippen LogP contribution in [0.1, 0.15) is 11.1 Å². The maximum absolute atomic E-state index is 13.3. The van der Waals surface area contributed by atoms with Gasteiger partial charge in [0.05, 0.1) is 6.04 Å². The summed E-state index contributed by atoms with van der Waals surface area (Å²) in [6.07, 6.45) is -0.180. The summed E-state index contributed by atoms with van der Waals surface area (Å²) in [5.74, 6) is -0.184. The summed E-state index contributed by atoms with van der Waals surface area (Å²) in [5.41, 5.74) is 3.35. The van der Waals surface area contributed by atoms with Crippen LogP contribution in [0.4, 0.5) is 4.39 Å². The number of carbonyl (C=O) groups excluding carboxylic acids is 1. The van der Waals surface area contributed by atoms with Crippen LogP contribution in [0.15, 0.2) is 60.0 Å². The van der Waals surface area contributed by atoms with E-state index in [1.165, 1.54) is 29.5 Å². The van der Waals surface area contributed by atoms with Crippen LogP contribution in [0, 0.1) is 5.82 Å². The second-order valence-electron chi connectivity index (χ2n) is 7.99. The molecule has 3 aliphatic heterocycles. The monoisotopic (exact) mass is 424 g/mol. The van der Waals surface area contributed by atoms with Gasteiger partial charge in [-0.2, -0.15) is 0 Å². The molecule has 2 aromatic carbocycles. The number of hydrogen-bond donors (Lipinski definition) is 2. The third kappa shape index (κ3) is 4.03. The van der Waals surface area contributed by atoms with E-state index in [4.69, 9.17) is 0 Å². The van der Waals surface area contributed by atoms with Crippen LogP contribution >= 0.6 is 11.8 Å². The van der Waals surface area contributed by atoms with Crippen molar-refractivity contribution >= 4 is 23.2 Å². The van der Waals surface area contributed by atoms with Crippen LogP contribution < -0.4 is 10.6 Å². The van der Waals surface area contributed by atoms with Gasteiger partial charge in [-0.3, -0.25) is 19.9 Å². The first kappa shape index (κ1) is 19.8. The van der Waals surface area contributed by atoms with E-state index in [1.54, 1.807) is 12.1 Å². The van der Waals surface area contributed by atoms with E-state index in [1.807, 2.05) is 11.5 Å². The summed E-state index contributed by atoms with van der Waals surface area (Å²) in [6.45, 7) is 4.67. The number of thioether (sulfide) groups is 1. The van der Waals surface area contributed by atoms with Gasteiger partial charge < -0.3 is 5.32 Å². The van der Waals surface area contributed by atoms with Gasteiger partial charge in [0.1, 0.15) is 17.4 Å². The van der Waals surface area contributed by atoms with Crippen LogP contribution in [-0.4, -0.2) is 59.5 Å². The molecule has 0 saturated carbocycles. The average molecular weight is 425 g/mol. The third-order valence-corrected chi connectivity index (χ3v) is 7.22. The van der Waals surface area contributed by atoms with Crippen molar-refractivity contribution in [1.82, 2.24) is 20.4 Å². The molecule has 2 saturated heterocycles. The molecule has 5 rings (SSSR count). The Bertz CT molecular complexity index is 928. The van der Waals surface area contributed by atoms with Gasteiger partial charge in [0.25, 0.3) is 0 Å². The highest BCUT2D eigenvalue weighted by Crippen LogP contribution is 2.38. The van der Waals surface area contributed by atoms with Crippen molar-refractivity contribution in [1.29, 1.82) is 0 Å². The largest absolute Gasteiger partial charge is 0.327 e. The zero-order valence-electron chi connectivity index (χ0n) is 16.6. The maximum Gasteiger partial charge on any atom is 0.237 e. The Balaban J connectivity index is 1.23. The lowest BCUT2D eigenvalue weighted by Crippen LogP contribution is -2.69. The van der Waals surface area contributed by atoms with Crippen LogP contribution in [0.3, 0.4) is 0 Å². The maximum atomic E-state index is 13.3. The Morgan fingerprint density at radius 1 is 1.00 bits per heavy atom. The molecular formula is C23H25FN4OS. The lowest BCUT2D eigenvalue weighted by atomic mass is 9.96. The predicted octanol–water partition coefficient (Wildman–Crippen LogP) is 2.47. The highest BCUT2D eigenvalue weighted by molar-refractivity contribution is 8.04. The lowest BCUT2D eigenvalue weighted by Gasteiger charge is -2.44. The number of nitrogens with zero attached hydrogens (tertiary/aromatic N) is 2. The first-order valence-corrected chi connectivity index (χ1v) is 11.3. The highest BCUT2D eigenvalue weighted by Gasteiger charge is 2.43. The Labute approximate surface area is 180 Å². The molecule has 0 aliphatic carbocycles. The summed E-state index contributed by atoms with van der Waals surface area (Å²) < 4.78 is 13.3. The zero-order chi connectivity index (χ0) is 20.5. The van der Waals surface area contributed by atoms with Gasteiger partial charge in [0, 0.05) is 32.7 Å². The van der Waals surface area contributed by atoms with Gasteiger partial charge in [-0.1, -0.05) is 42.5 Å². The van der Waals surface area contributed by atoms with Gasteiger partial charge >= 0.3 is 0 Å². The van der Waals surface area contributed by atoms with Crippen molar-refractivity contribution in [2.45, 2.75) is 24.1 Å². The molecule has 0 radical (unpaired) electrons. The second kappa shape index (κ2) is 8.51. The second-order valence-corrected chi connectivity index (χ2v) is 9.01. The molecule has 2 aromatic rings. The fraction of sp³-hybridized carbons (Fsp3) is 0.348.